The van der Waals surface area contributed by atoms with E-state index in [1.54, 1.807) is 0 Å². The third-order valence-electron chi connectivity index (χ3n) is 3.53. The first kappa shape index (κ1) is 15.8. The Hall–Kier alpha value is -1.59. The van der Waals surface area contributed by atoms with Crippen molar-refractivity contribution >= 4 is 5.91 Å². The van der Waals surface area contributed by atoms with Crippen molar-refractivity contribution in [3.8, 4) is 5.75 Å². The minimum absolute atomic E-state index is 0.0167. The van der Waals surface area contributed by atoms with Gasteiger partial charge in [0.1, 0.15) is 12.4 Å². The Morgan fingerprint density at radius 3 is 3.14 bits per heavy atom. The quantitative estimate of drug-likeness (QED) is 0.766. The fourth-order valence-electron chi connectivity index (χ4n) is 2.50. The van der Waals surface area contributed by atoms with Crippen LogP contribution in [-0.4, -0.2) is 54.8 Å². The molecule has 1 saturated heterocycles. The molecule has 1 heterocycles. The third-order valence-corrected chi connectivity index (χ3v) is 3.53. The van der Waals surface area contributed by atoms with Gasteiger partial charge in [0, 0.05) is 6.54 Å². The molecule has 1 aliphatic heterocycles. The first-order valence-electron chi connectivity index (χ1n) is 7.50. The lowest BCUT2D eigenvalue weighted by Gasteiger charge is -2.29. The summed E-state index contributed by atoms with van der Waals surface area (Å²) in [7, 11) is 0. The van der Waals surface area contributed by atoms with Crippen molar-refractivity contribution in [3.63, 3.8) is 0 Å². The minimum atomic E-state index is -0.295. The molecule has 1 atom stereocenters. The average Bonchev–Trinajstić information content (AvgIpc) is 2.44. The Balaban J connectivity index is 1.61. The van der Waals surface area contributed by atoms with Crippen LogP contribution in [0.1, 0.15) is 18.4 Å². The highest BCUT2D eigenvalue weighted by molar-refractivity contribution is 5.78. The van der Waals surface area contributed by atoms with Crippen molar-refractivity contribution in [3.05, 3.63) is 29.8 Å². The Kier molecular flexibility index (Phi) is 6.02. The molecule has 1 aliphatic rings. The molecule has 0 saturated carbocycles. The van der Waals surface area contributed by atoms with Crippen molar-refractivity contribution in [1.29, 1.82) is 0 Å². The lowest BCUT2D eigenvalue weighted by atomic mass is 10.1. The first-order valence-corrected chi connectivity index (χ1v) is 7.50. The fraction of sp³-hybridized carbons (Fsp3) is 0.562. The molecule has 116 valence electrons. The van der Waals surface area contributed by atoms with Crippen LogP contribution in [0.2, 0.25) is 0 Å². The van der Waals surface area contributed by atoms with E-state index < -0.39 is 0 Å². The second-order valence-corrected chi connectivity index (χ2v) is 5.55. The summed E-state index contributed by atoms with van der Waals surface area (Å²) in [5, 5.41) is 12.4. The number of likely N-dealkylation sites (tertiary alicyclic amines) is 1. The molecule has 0 aromatic heterocycles. The molecule has 0 bridgehead atoms. The number of piperidine rings is 1. The molecule has 1 unspecified atom stereocenters. The highest BCUT2D eigenvalue weighted by atomic mass is 16.5. The number of aliphatic hydroxyl groups is 1. The molecule has 0 radical (unpaired) electrons. The molecule has 0 spiro atoms. The number of hydrogen-bond acceptors (Lipinski definition) is 4. The maximum absolute atomic E-state index is 11.8. The first-order chi connectivity index (χ1) is 10.1. The van der Waals surface area contributed by atoms with Crippen LogP contribution in [0.3, 0.4) is 0 Å². The van der Waals surface area contributed by atoms with Crippen LogP contribution in [0.5, 0.6) is 5.75 Å². The Morgan fingerprint density at radius 1 is 1.52 bits per heavy atom. The average molecular weight is 292 g/mol. The third kappa shape index (κ3) is 5.73. The number of carbonyl (C=O) groups is 1. The number of nitrogens with zero attached hydrogens (tertiary/aromatic N) is 1. The number of β-amino-alcohol motifs (C(OH)–C–C–N with tert-alkyl or cyclic N) is 1. The second kappa shape index (κ2) is 8.00. The number of carbonyl (C=O) groups excluding carboxylic acids is 1. The van der Waals surface area contributed by atoms with Crippen LogP contribution in [-0.2, 0) is 4.79 Å². The summed E-state index contributed by atoms with van der Waals surface area (Å²) in [5.74, 6) is 0.806. The van der Waals surface area contributed by atoms with E-state index in [4.69, 9.17) is 4.74 Å². The molecule has 0 aliphatic carbocycles. The minimum Gasteiger partial charge on any atom is -0.492 e. The van der Waals surface area contributed by atoms with Crippen LogP contribution < -0.4 is 10.1 Å². The van der Waals surface area contributed by atoms with Crippen molar-refractivity contribution in [2.24, 2.45) is 0 Å². The lowest BCUT2D eigenvalue weighted by Crippen LogP contribution is -2.44. The van der Waals surface area contributed by atoms with Crippen molar-refractivity contribution in [2.45, 2.75) is 25.9 Å². The predicted octanol–water partition coefficient (Wildman–Crippen LogP) is 0.947. The largest absolute Gasteiger partial charge is 0.492 e. The van der Waals surface area contributed by atoms with Gasteiger partial charge in [-0.05, 0) is 44.0 Å². The summed E-state index contributed by atoms with van der Waals surface area (Å²) >= 11 is 0. The SMILES string of the molecule is Cc1cccc(OCCNC(=O)CN2CCCC(O)C2)c1. The maximum atomic E-state index is 11.8. The number of rotatable bonds is 6. The Labute approximate surface area is 125 Å². The van der Waals surface area contributed by atoms with Crippen molar-refractivity contribution in [1.82, 2.24) is 10.2 Å². The summed E-state index contributed by atoms with van der Waals surface area (Å²) in [4.78, 5) is 13.8. The van der Waals surface area contributed by atoms with Crippen molar-refractivity contribution in [2.75, 3.05) is 32.8 Å². The zero-order chi connectivity index (χ0) is 15.1. The zero-order valence-corrected chi connectivity index (χ0v) is 12.5. The van der Waals surface area contributed by atoms with Crippen LogP contribution in [0.25, 0.3) is 0 Å². The summed E-state index contributed by atoms with van der Waals surface area (Å²) in [5.41, 5.74) is 1.15. The van der Waals surface area contributed by atoms with E-state index >= 15 is 0 Å². The van der Waals surface area contributed by atoms with E-state index in [2.05, 4.69) is 5.32 Å². The van der Waals surface area contributed by atoms with E-state index in [1.165, 1.54) is 0 Å². The van der Waals surface area contributed by atoms with E-state index in [0.717, 1.165) is 30.7 Å². The van der Waals surface area contributed by atoms with E-state index in [-0.39, 0.29) is 12.0 Å². The van der Waals surface area contributed by atoms with Gasteiger partial charge in [0.15, 0.2) is 0 Å². The van der Waals surface area contributed by atoms with Gasteiger partial charge in [-0.1, -0.05) is 12.1 Å². The van der Waals surface area contributed by atoms with Crippen LogP contribution >= 0.6 is 0 Å². The van der Waals surface area contributed by atoms with Crippen LogP contribution in [0.15, 0.2) is 24.3 Å². The van der Waals surface area contributed by atoms with E-state index in [1.807, 2.05) is 36.1 Å². The molecular formula is C16H24N2O3. The number of aliphatic hydroxyl groups excluding tert-OH is 1. The maximum Gasteiger partial charge on any atom is 0.234 e. The van der Waals surface area contributed by atoms with Gasteiger partial charge in [-0.15, -0.1) is 0 Å². The molecule has 1 amide bonds. The summed E-state index contributed by atoms with van der Waals surface area (Å²) in [6.07, 6.45) is 1.49. The van der Waals surface area contributed by atoms with Gasteiger partial charge in [-0.2, -0.15) is 0 Å². The van der Waals surface area contributed by atoms with Crippen molar-refractivity contribution < 1.29 is 14.6 Å². The smallest absolute Gasteiger partial charge is 0.234 e. The summed E-state index contributed by atoms with van der Waals surface area (Å²) in [6, 6.07) is 7.84. The molecule has 1 aromatic carbocycles. The van der Waals surface area contributed by atoms with Gasteiger partial charge >= 0.3 is 0 Å². The van der Waals surface area contributed by atoms with Gasteiger partial charge in [-0.25, -0.2) is 0 Å². The molecule has 2 rings (SSSR count). The molecule has 5 nitrogen and oxygen atoms in total. The topological polar surface area (TPSA) is 61.8 Å². The predicted molar refractivity (Wildman–Crippen MR) is 81.4 cm³/mol. The normalized spacial score (nSPS) is 19.2. The second-order valence-electron chi connectivity index (χ2n) is 5.55. The molecular weight excluding hydrogens is 268 g/mol. The molecule has 2 N–H and O–H groups in total. The lowest BCUT2D eigenvalue weighted by molar-refractivity contribution is -0.123. The number of ether oxygens (including phenoxy) is 1. The fourth-order valence-corrected chi connectivity index (χ4v) is 2.50. The van der Waals surface area contributed by atoms with Gasteiger partial charge in [0.25, 0.3) is 0 Å². The monoisotopic (exact) mass is 292 g/mol. The van der Waals surface area contributed by atoms with E-state index in [0.29, 0.717) is 26.2 Å². The highest BCUT2D eigenvalue weighted by Crippen LogP contribution is 2.11. The standard InChI is InChI=1S/C16H24N2O3/c1-13-4-2-6-15(10-13)21-9-7-17-16(20)12-18-8-3-5-14(19)11-18/h2,4,6,10,14,19H,3,5,7-9,11-12H2,1H3,(H,17,20). The highest BCUT2D eigenvalue weighted by Gasteiger charge is 2.19. The molecule has 1 aromatic rings. The Bertz CT molecular complexity index is 465. The zero-order valence-electron chi connectivity index (χ0n) is 12.5. The summed E-state index contributed by atoms with van der Waals surface area (Å²) in [6.45, 7) is 4.78. The van der Waals surface area contributed by atoms with E-state index in [9.17, 15) is 9.90 Å². The van der Waals surface area contributed by atoms with Gasteiger partial charge in [0.05, 0.1) is 19.2 Å². The van der Waals surface area contributed by atoms with Gasteiger partial charge in [-0.3, -0.25) is 9.69 Å². The van der Waals surface area contributed by atoms with Gasteiger partial charge in [0.2, 0.25) is 5.91 Å². The molecule has 1 fully saturated rings. The number of benzene rings is 1. The number of amides is 1. The van der Waals surface area contributed by atoms with Gasteiger partial charge < -0.3 is 15.2 Å². The Morgan fingerprint density at radius 2 is 2.38 bits per heavy atom. The summed E-state index contributed by atoms with van der Waals surface area (Å²) < 4.78 is 5.58. The van der Waals surface area contributed by atoms with Crippen LogP contribution in [0.4, 0.5) is 0 Å². The number of nitrogens with one attached hydrogen (secondary N) is 1. The molecule has 21 heavy (non-hydrogen) atoms. The number of aryl methyl sites for hydroxylation is 1. The number of hydrogen-bond donors (Lipinski definition) is 2. The molecule has 5 heteroatoms. The van der Waals surface area contributed by atoms with Crippen LogP contribution in [0, 0.1) is 6.92 Å².